The van der Waals surface area contributed by atoms with Gasteiger partial charge in [0.2, 0.25) is 0 Å². The Morgan fingerprint density at radius 1 is 1.50 bits per heavy atom. The molecule has 0 bridgehead atoms. The van der Waals surface area contributed by atoms with Crippen molar-refractivity contribution in [2.75, 3.05) is 6.61 Å². The normalized spacial score (nSPS) is 10.1. The van der Waals surface area contributed by atoms with E-state index in [-0.39, 0.29) is 12.4 Å². The van der Waals surface area contributed by atoms with E-state index in [4.69, 9.17) is 9.84 Å². The van der Waals surface area contributed by atoms with Gasteiger partial charge >= 0.3 is 11.9 Å². The number of carboxylic acid groups (broad SMARTS) is 1. The van der Waals surface area contributed by atoms with Gasteiger partial charge in [-0.05, 0) is 19.4 Å². The molecule has 5 heteroatoms. The second-order valence-electron chi connectivity index (χ2n) is 3.36. The zero-order chi connectivity index (χ0) is 12.0. The van der Waals surface area contributed by atoms with Gasteiger partial charge in [-0.3, -0.25) is 4.79 Å². The Bertz CT molecular complexity index is 370. The van der Waals surface area contributed by atoms with Gasteiger partial charge in [0.1, 0.15) is 0 Å². The second kappa shape index (κ2) is 5.95. The first-order valence-electron chi connectivity index (χ1n) is 5.18. The zero-order valence-electron chi connectivity index (χ0n) is 9.18. The summed E-state index contributed by atoms with van der Waals surface area (Å²) in [4.78, 5) is 21.6. The largest absolute Gasteiger partial charge is 0.481 e. The molecule has 1 N–H and O–H groups in total. The van der Waals surface area contributed by atoms with Gasteiger partial charge in [-0.25, -0.2) is 4.79 Å². The summed E-state index contributed by atoms with van der Waals surface area (Å²) in [7, 11) is 0. The summed E-state index contributed by atoms with van der Waals surface area (Å²) in [6.07, 6.45) is 4.09. The fourth-order valence-electron chi connectivity index (χ4n) is 1.33. The van der Waals surface area contributed by atoms with Crippen LogP contribution in [-0.2, 0) is 16.1 Å². The standard InChI is InChI=1S/C11H15NO4/c1-2-16-11(15)9-5-7-12(8-9)6-3-4-10(13)14/h5,7-8H,2-4,6H2,1H3,(H,13,14). The number of rotatable bonds is 6. The molecule has 0 atom stereocenters. The average molecular weight is 225 g/mol. The molecule has 0 saturated carbocycles. The Kier molecular flexibility index (Phi) is 4.57. The highest BCUT2D eigenvalue weighted by Crippen LogP contribution is 2.05. The molecule has 5 nitrogen and oxygen atoms in total. The quantitative estimate of drug-likeness (QED) is 0.745. The van der Waals surface area contributed by atoms with Crippen LogP contribution in [0.3, 0.4) is 0 Å². The number of aliphatic carboxylic acids is 1. The van der Waals surface area contributed by atoms with Crippen molar-refractivity contribution in [3.05, 3.63) is 24.0 Å². The Labute approximate surface area is 93.6 Å². The topological polar surface area (TPSA) is 68.5 Å². The van der Waals surface area contributed by atoms with Crippen LogP contribution in [0.4, 0.5) is 0 Å². The summed E-state index contributed by atoms with van der Waals surface area (Å²) in [6, 6.07) is 1.67. The molecule has 0 spiro atoms. The number of hydrogen-bond donors (Lipinski definition) is 1. The van der Waals surface area contributed by atoms with E-state index < -0.39 is 5.97 Å². The molecule has 0 saturated heterocycles. The summed E-state index contributed by atoms with van der Waals surface area (Å²) < 4.78 is 6.62. The lowest BCUT2D eigenvalue weighted by molar-refractivity contribution is -0.137. The lowest BCUT2D eigenvalue weighted by Crippen LogP contribution is -2.04. The third-order valence-electron chi connectivity index (χ3n) is 2.07. The van der Waals surface area contributed by atoms with Crippen LogP contribution in [0.15, 0.2) is 18.5 Å². The van der Waals surface area contributed by atoms with Gasteiger partial charge in [-0.2, -0.15) is 0 Å². The Morgan fingerprint density at radius 3 is 2.88 bits per heavy atom. The number of carbonyl (C=O) groups is 2. The molecule has 88 valence electrons. The van der Waals surface area contributed by atoms with Crippen molar-refractivity contribution in [3.63, 3.8) is 0 Å². The van der Waals surface area contributed by atoms with Crippen molar-refractivity contribution < 1.29 is 19.4 Å². The van der Waals surface area contributed by atoms with Crippen LogP contribution in [0.2, 0.25) is 0 Å². The molecule has 0 aliphatic carbocycles. The van der Waals surface area contributed by atoms with Crippen LogP contribution in [-0.4, -0.2) is 28.2 Å². The maximum atomic E-state index is 11.3. The monoisotopic (exact) mass is 225 g/mol. The van der Waals surface area contributed by atoms with Crippen molar-refractivity contribution in [1.29, 1.82) is 0 Å². The van der Waals surface area contributed by atoms with E-state index in [9.17, 15) is 9.59 Å². The molecular weight excluding hydrogens is 210 g/mol. The van der Waals surface area contributed by atoms with E-state index in [0.717, 1.165) is 0 Å². The molecule has 0 fully saturated rings. The molecule has 0 amide bonds. The zero-order valence-corrected chi connectivity index (χ0v) is 9.18. The highest BCUT2D eigenvalue weighted by Gasteiger charge is 2.07. The molecule has 16 heavy (non-hydrogen) atoms. The van der Waals surface area contributed by atoms with Gasteiger partial charge in [0.05, 0.1) is 12.2 Å². The number of carbonyl (C=O) groups excluding carboxylic acids is 1. The molecule has 1 aromatic rings. The van der Waals surface area contributed by atoms with Crippen LogP contribution < -0.4 is 0 Å². The van der Waals surface area contributed by atoms with E-state index in [0.29, 0.717) is 25.1 Å². The fraction of sp³-hybridized carbons (Fsp3) is 0.455. The average Bonchev–Trinajstić information content (AvgIpc) is 2.66. The first kappa shape index (κ1) is 12.3. The van der Waals surface area contributed by atoms with Crippen molar-refractivity contribution in [2.45, 2.75) is 26.3 Å². The Morgan fingerprint density at radius 2 is 2.25 bits per heavy atom. The van der Waals surface area contributed by atoms with E-state index in [1.807, 2.05) is 0 Å². The minimum absolute atomic E-state index is 0.132. The smallest absolute Gasteiger partial charge is 0.339 e. The predicted octanol–water partition coefficient (Wildman–Crippen LogP) is 1.53. The number of aryl methyl sites for hydroxylation is 1. The summed E-state index contributed by atoms with van der Waals surface area (Å²) >= 11 is 0. The van der Waals surface area contributed by atoms with Crippen molar-refractivity contribution in [2.24, 2.45) is 0 Å². The van der Waals surface area contributed by atoms with E-state index >= 15 is 0 Å². The van der Waals surface area contributed by atoms with Gasteiger partial charge in [-0.1, -0.05) is 0 Å². The third-order valence-corrected chi connectivity index (χ3v) is 2.07. The SMILES string of the molecule is CCOC(=O)c1ccn(CCCC(=O)O)c1. The summed E-state index contributed by atoms with van der Waals surface area (Å²) in [5.74, 6) is -1.16. The van der Waals surface area contributed by atoms with Gasteiger partial charge in [0.15, 0.2) is 0 Å². The maximum absolute atomic E-state index is 11.3. The van der Waals surface area contributed by atoms with Crippen LogP contribution in [0.5, 0.6) is 0 Å². The van der Waals surface area contributed by atoms with Crippen LogP contribution in [0, 0.1) is 0 Å². The number of ether oxygens (including phenoxy) is 1. The van der Waals surface area contributed by atoms with Crippen LogP contribution in [0.25, 0.3) is 0 Å². The van der Waals surface area contributed by atoms with Crippen LogP contribution >= 0.6 is 0 Å². The molecule has 0 aliphatic rings. The molecular formula is C11H15NO4. The predicted molar refractivity (Wildman–Crippen MR) is 57.3 cm³/mol. The molecule has 0 aromatic carbocycles. The fourth-order valence-corrected chi connectivity index (χ4v) is 1.33. The van der Waals surface area contributed by atoms with E-state index in [2.05, 4.69) is 0 Å². The Balaban J connectivity index is 2.45. The first-order valence-corrected chi connectivity index (χ1v) is 5.18. The third kappa shape index (κ3) is 3.76. The molecule has 1 aromatic heterocycles. The lowest BCUT2D eigenvalue weighted by atomic mass is 10.3. The minimum atomic E-state index is -0.808. The van der Waals surface area contributed by atoms with Gasteiger partial charge in [0, 0.05) is 25.4 Å². The number of esters is 1. The van der Waals surface area contributed by atoms with Crippen molar-refractivity contribution in [3.8, 4) is 0 Å². The van der Waals surface area contributed by atoms with Gasteiger partial charge in [0.25, 0.3) is 0 Å². The molecule has 1 heterocycles. The number of aromatic nitrogens is 1. The van der Waals surface area contributed by atoms with E-state index in [1.165, 1.54) is 0 Å². The number of carboxylic acids is 1. The summed E-state index contributed by atoms with van der Waals surface area (Å²) in [5.41, 5.74) is 0.497. The lowest BCUT2D eigenvalue weighted by Gasteiger charge is -2.00. The summed E-state index contributed by atoms with van der Waals surface area (Å²) in [6.45, 7) is 2.69. The van der Waals surface area contributed by atoms with Crippen molar-refractivity contribution in [1.82, 2.24) is 4.57 Å². The molecule has 0 aliphatic heterocycles. The maximum Gasteiger partial charge on any atom is 0.339 e. The van der Waals surface area contributed by atoms with Crippen LogP contribution in [0.1, 0.15) is 30.1 Å². The van der Waals surface area contributed by atoms with Crippen molar-refractivity contribution >= 4 is 11.9 Å². The minimum Gasteiger partial charge on any atom is -0.481 e. The first-order chi connectivity index (χ1) is 7.63. The Hall–Kier alpha value is -1.78. The molecule has 0 radical (unpaired) electrons. The summed E-state index contributed by atoms with van der Waals surface area (Å²) in [5, 5.41) is 8.47. The van der Waals surface area contributed by atoms with Gasteiger partial charge in [-0.15, -0.1) is 0 Å². The van der Waals surface area contributed by atoms with E-state index in [1.54, 1.807) is 30.0 Å². The second-order valence-corrected chi connectivity index (χ2v) is 3.36. The van der Waals surface area contributed by atoms with Gasteiger partial charge < -0.3 is 14.4 Å². The number of nitrogens with zero attached hydrogens (tertiary/aromatic N) is 1. The number of hydrogen-bond acceptors (Lipinski definition) is 3. The molecule has 1 rings (SSSR count). The molecule has 0 unspecified atom stereocenters. The highest BCUT2D eigenvalue weighted by molar-refractivity contribution is 5.89. The highest BCUT2D eigenvalue weighted by atomic mass is 16.5.